The van der Waals surface area contributed by atoms with Gasteiger partial charge in [0.15, 0.2) is 5.65 Å². The third-order valence-corrected chi connectivity index (χ3v) is 2.71. The maximum Gasteiger partial charge on any atom is 0.222 e. The van der Waals surface area contributed by atoms with Gasteiger partial charge >= 0.3 is 0 Å². The number of hydrogen-bond acceptors (Lipinski definition) is 6. The van der Waals surface area contributed by atoms with Crippen molar-refractivity contribution < 1.29 is 0 Å². The van der Waals surface area contributed by atoms with Crippen molar-refractivity contribution in [1.29, 1.82) is 5.41 Å². The number of H-pyrrole nitrogens is 1. The first kappa shape index (κ1) is 12.0. The predicted molar refractivity (Wildman–Crippen MR) is 74.3 cm³/mol. The van der Waals surface area contributed by atoms with E-state index in [2.05, 4.69) is 30.2 Å². The van der Waals surface area contributed by atoms with Crippen LogP contribution in [0.1, 0.15) is 11.4 Å². The number of amidine groups is 1. The maximum atomic E-state index is 7.53. The quantitative estimate of drug-likeness (QED) is 0.406. The highest BCUT2D eigenvalue weighted by molar-refractivity contribution is 6.04. The fraction of sp³-hybridized carbons (Fsp3) is 0.0833. The predicted octanol–water partition coefficient (Wildman–Crippen LogP) is 0.644. The summed E-state index contributed by atoms with van der Waals surface area (Å²) in [4.78, 5) is 19.7. The Morgan fingerprint density at radius 3 is 2.80 bits per heavy atom. The van der Waals surface area contributed by atoms with Crippen LogP contribution in [0.3, 0.4) is 0 Å². The van der Waals surface area contributed by atoms with E-state index in [1.807, 2.05) is 0 Å². The van der Waals surface area contributed by atoms with Crippen molar-refractivity contribution in [3.8, 4) is 0 Å². The molecule has 3 rings (SSSR count). The average molecular weight is 268 g/mol. The van der Waals surface area contributed by atoms with Gasteiger partial charge in [0.05, 0.1) is 12.1 Å². The lowest BCUT2D eigenvalue weighted by Crippen LogP contribution is -2.11. The van der Waals surface area contributed by atoms with Crippen molar-refractivity contribution in [3.63, 3.8) is 0 Å². The number of nitrogens with zero attached hydrogens (tertiary/aromatic N) is 4. The number of nitrogens with two attached hydrogens (primary N) is 1. The summed E-state index contributed by atoms with van der Waals surface area (Å²) < 4.78 is 0. The molecule has 3 aromatic rings. The number of rotatable bonds is 4. The first-order chi connectivity index (χ1) is 9.74. The molecule has 0 aliphatic carbocycles. The molecule has 0 radical (unpaired) electrons. The van der Waals surface area contributed by atoms with E-state index >= 15 is 0 Å². The van der Waals surface area contributed by atoms with Gasteiger partial charge in [-0.25, -0.2) is 19.9 Å². The molecule has 8 heteroatoms. The molecule has 0 amide bonds. The molecule has 0 saturated carbocycles. The second kappa shape index (κ2) is 4.92. The summed E-state index contributed by atoms with van der Waals surface area (Å²) in [6.07, 6.45) is 4.89. The summed E-state index contributed by atoms with van der Waals surface area (Å²) in [6, 6.07) is 3.43. The van der Waals surface area contributed by atoms with Crippen LogP contribution in [0.4, 0.5) is 5.95 Å². The van der Waals surface area contributed by atoms with E-state index in [9.17, 15) is 0 Å². The Morgan fingerprint density at radius 2 is 2.05 bits per heavy atom. The number of hydrogen-bond donors (Lipinski definition) is 4. The fourth-order valence-electron chi connectivity index (χ4n) is 1.82. The van der Waals surface area contributed by atoms with Crippen LogP contribution in [0.15, 0.2) is 30.7 Å². The number of pyridine rings is 1. The topological polar surface area (TPSA) is 129 Å². The van der Waals surface area contributed by atoms with Crippen LogP contribution in [-0.2, 0) is 6.54 Å². The zero-order valence-electron chi connectivity index (χ0n) is 10.5. The molecule has 0 atom stereocenters. The molecule has 0 bridgehead atoms. The lowest BCUT2D eigenvalue weighted by atomic mass is 10.2. The molecule has 0 fully saturated rings. The zero-order valence-corrected chi connectivity index (χ0v) is 10.5. The number of aromatic nitrogens is 5. The molecule has 0 spiro atoms. The summed E-state index contributed by atoms with van der Waals surface area (Å²) in [5, 5.41) is 10.6. The second-order valence-electron chi connectivity index (χ2n) is 4.08. The average Bonchev–Trinajstić information content (AvgIpc) is 2.88. The minimum atomic E-state index is -0.0213. The molecule has 0 aromatic carbocycles. The highest BCUT2D eigenvalue weighted by Gasteiger charge is 2.10. The van der Waals surface area contributed by atoms with Crippen LogP contribution in [0.25, 0.3) is 11.2 Å². The van der Waals surface area contributed by atoms with Gasteiger partial charge in [-0.15, -0.1) is 0 Å². The lowest BCUT2D eigenvalue weighted by Gasteiger charge is -2.00. The molecule has 100 valence electrons. The highest BCUT2D eigenvalue weighted by Crippen LogP contribution is 2.14. The van der Waals surface area contributed by atoms with Crippen molar-refractivity contribution in [2.24, 2.45) is 5.73 Å². The van der Waals surface area contributed by atoms with Crippen LogP contribution in [-0.4, -0.2) is 30.8 Å². The summed E-state index contributed by atoms with van der Waals surface area (Å²) >= 11 is 0. The standard InChI is InChI=1S/C12H12N8/c13-10(14)7-2-5-15-11-9(7)19-8(20-11)6-18-12-16-3-1-4-17-12/h1-5H,6H2,(H3,13,14)(H,15,19,20)(H,16,17,18). The molecular weight excluding hydrogens is 256 g/mol. The van der Waals surface area contributed by atoms with Gasteiger partial charge in [0.25, 0.3) is 0 Å². The van der Waals surface area contributed by atoms with Gasteiger partial charge in [-0.2, -0.15) is 0 Å². The minimum absolute atomic E-state index is 0.0213. The Balaban J connectivity index is 1.86. The second-order valence-corrected chi connectivity index (χ2v) is 4.08. The monoisotopic (exact) mass is 268 g/mol. The molecule has 8 nitrogen and oxygen atoms in total. The van der Waals surface area contributed by atoms with E-state index in [0.29, 0.717) is 35.0 Å². The molecule has 5 N–H and O–H groups in total. The molecule has 0 saturated heterocycles. The smallest absolute Gasteiger partial charge is 0.222 e. The molecule has 3 aromatic heterocycles. The molecule has 0 aliphatic rings. The third kappa shape index (κ3) is 2.26. The van der Waals surface area contributed by atoms with Crippen molar-refractivity contribution in [2.45, 2.75) is 6.54 Å². The lowest BCUT2D eigenvalue weighted by molar-refractivity contribution is 0.974. The highest BCUT2D eigenvalue weighted by atomic mass is 15.1. The minimum Gasteiger partial charge on any atom is -0.384 e. The number of nitrogen functional groups attached to an aromatic ring is 1. The third-order valence-electron chi connectivity index (χ3n) is 2.71. The SMILES string of the molecule is N=C(N)c1ccnc2nc(CNc3ncccn3)[nH]c12. The van der Waals surface area contributed by atoms with Gasteiger partial charge in [0.2, 0.25) is 5.95 Å². The zero-order chi connectivity index (χ0) is 13.9. The Labute approximate surface area is 114 Å². The molecule has 0 aliphatic heterocycles. The number of imidazole rings is 1. The van der Waals surface area contributed by atoms with Gasteiger partial charge < -0.3 is 16.0 Å². The maximum absolute atomic E-state index is 7.53. The van der Waals surface area contributed by atoms with Gasteiger partial charge in [0.1, 0.15) is 11.7 Å². The van der Waals surface area contributed by atoms with E-state index in [0.717, 1.165) is 0 Å². The van der Waals surface area contributed by atoms with Crippen LogP contribution >= 0.6 is 0 Å². The van der Waals surface area contributed by atoms with E-state index in [1.165, 1.54) is 0 Å². The van der Waals surface area contributed by atoms with Crippen LogP contribution in [0.2, 0.25) is 0 Å². The molecule has 20 heavy (non-hydrogen) atoms. The first-order valence-corrected chi connectivity index (χ1v) is 5.93. The molecular formula is C12H12N8. The largest absolute Gasteiger partial charge is 0.384 e. The van der Waals surface area contributed by atoms with Crippen molar-refractivity contribution >= 4 is 22.9 Å². The van der Waals surface area contributed by atoms with E-state index in [-0.39, 0.29) is 5.84 Å². The number of anilines is 1. The Kier molecular flexibility index (Phi) is 2.96. The van der Waals surface area contributed by atoms with Crippen LogP contribution < -0.4 is 11.1 Å². The number of nitrogens with one attached hydrogen (secondary N) is 3. The van der Waals surface area contributed by atoms with Gasteiger partial charge in [0, 0.05) is 24.2 Å². The Morgan fingerprint density at radius 1 is 1.25 bits per heavy atom. The Bertz CT molecular complexity index is 748. The van der Waals surface area contributed by atoms with Gasteiger partial charge in [-0.05, 0) is 12.1 Å². The molecule has 0 unspecified atom stereocenters. The van der Waals surface area contributed by atoms with Gasteiger partial charge in [-0.3, -0.25) is 5.41 Å². The summed E-state index contributed by atoms with van der Waals surface area (Å²) in [5.41, 5.74) is 7.30. The van der Waals surface area contributed by atoms with Crippen molar-refractivity contribution in [2.75, 3.05) is 5.32 Å². The summed E-state index contributed by atoms with van der Waals surface area (Å²) in [5.74, 6) is 1.17. The summed E-state index contributed by atoms with van der Waals surface area (Å²) in [7, 11) is 0. The number of fused-ring (bicyclic) bond motifs is 1. The van der Waals surface area contributed by atoms with E-state index < -0.39 is 0 Å². The number of aromatic amines is 1. The van der Waals surface area contributed by atoms with Crippen molar-refractivity contribution in [3.05, 3.63) is 42.1 Å². The summed E-state index contributed by atoms with van der Waals surface area (Å²) in [6.45, 7) is 0.428. The van der Waals surface area contributed by atoms with Crippen LogP contribution in [0.5, 0.6) is 0 Å². The van der Waals surface area contributed by atoms with E-state index in [4.69, 9.17) is 11.1 Å². The van der Waals surface area contributed by atoms with Crippen LogP contribution in [0, 0.1) is 5.41 Å². The normalized spacial score (nSPS) is 10.6. The molecule has 3 heterocycles. The fourth-order valence-corrected chi connectivity index (χ4v) is 1.82. The van der Waals surface area contributed by atoms with Crippen molar-refractivity contribution in [1.82, 2.24) is 24.9 Å². The van der Waals surface area contributed by atoms with E-state index in [1.54, 1.807) is 30.7 Å². The first-order valence-electron chi connectivity index (χ1n) is 5.93. The van der Waals surface area contributed by atoms with Gasteiger partial charge in [-0.1, -0.05) is 0 Å². The Hall–Kier alpha value is -3.03.